The molecule has 0 radical (unpaired) electrons. The van der Waals surface area contributed by atoms with E-state index in [1.54, 1.807) is 12.1 Å². The molecule has 7 nitrogen and oxygen atoms in total. The number of anilines is 2. The average molecular weight is 559 g/mol. The number of halogens is 4. The van der Waals surface area contributed by atoms with Crippen LogP contribution in [0.1, 0.15) is 0 Å². The fourth-order valence-electron chi connectivity index (χ4n) is 2.74. The average Bonchev–Trinajstić information content (AvgIpc) is 2.78. The van der Waals surface area contributed by atoms with E-state index in [9.17, 15) is 26.4 Å². The smallest absolute Gasteiger partial charge is 0.484 e. The highest BCUT2D eigenvalue weighted by Gasteiger charge is 2.31. The summed E-state index contributed by atoms with van der Waals surface area (Å²) >= 11 is 3.26. The SMILES string of the molecule is CN(c1ccc(OCC(=O)Nc2ccc(OC(F)(F)F)cc2)cc1)S(=O)(=O)c1ccc(Br)cc1. The molecule has 3 aromatic carbocycles. The monoisotopic (exact) mass is 558 g/mol. The molecule has 1 N–H and O–H groups in total. The maximum Gasteiger partial charge on any atom is 0.573 e. The summed E-state index contributed by atoms with van der Waals surface area (Å²) in [4.78, 5) is 12.2. The van der Waals surface area contributed by atoms with E-state index in [0.29, 0.717) is 11.4 Å². The number of ether oxygens (including phenoxy) is 2. The molecule has 0 heterocycles. The van der Waals surface area contributed by atoms with Gasteiger partial charge in [-0.2, -0.15) is 0 Å². The summed E-state index contributed by atoms with van der Waals surface area (Å²) in [7, 11) is -2.34. The third-order valence-corrected chi connectivity index (χ3v) is 6.74. The Morgan fingerprint density at radius 2 is 1.50 bits per heavy atom. The minimum Gasteiger partial charge on any atom is -0.484 e. The summed E-state index contributed by atoms with van der Waals surface area (Å²) in [6.07, 6.45) is -4.80. The molecule has 0 saturated carbocycles. The Hall–Kier alpha value is -3.25. The number of sulfonamides is 1. The van der Waals surface area contributed by atoms with Gasteiger partial charge in [0.15, 0.2) is 6.61 Å². The zero-order chi connectivity index (χ0) is 24.9. The van der Waals surface area contributed by atoms with E-state index in [1.807, 2.05) is 0 Å². The number of amides is 1. The standard InChI is InChI=1S/C22H18BrF3N2O5S/c1-28(34(30,31)20-12-2-15(23)3-13-20)17-6-10-18(11-7-17)32-14-21(29)27-16-4-8-19(9-5-16)33-22(24,25)26/h2-13H,14H2,1H3,(H,27,29). The first-order valence-corrected chi connectivity index (χ1v) is 11.8. The van der Waals surface area contributed by atoms with Gasteiger partial charge in [0.2, 0.25) is 0 Å². The summed E-state index contributed by atoms with van der Waals surface area (Å²) in [5, 5.41) is 2.48. The second-order valence-corrected chi connectivity index (χ2v) is 9.71. The summed E-state index contributed by atoms with van der Waals surface area (Å²) in [6, 6.07) is 17.0. The van der Waals surface area contributed by atoms with Crippen LogP contribution in [0.25, 0.3) is 0 Å². The molecular formula is C22H18BrF3N2O5S. The molecular weight excluding hydrogens is 541 g/mol. The van der Waals surface area contributed by atoms with Gasteiger partial charge in [-0.15, -0.1) is 13.2 Å². The maximum atomic E-state index is 12.8. The number of alkyl halides is 3. The number of carbonyl (C=O) groups is 1. The van der Waals surface area contributed by atoms with Crippen LogP contribution < -0.4 is 19.1 Å². The van der Waals surface area contributed by atoms with E-state index in [2.05, 4.69) is 26.0 Å². The molecule has 180 valence electrons. The topological polar surface area (TPSA) is 84.9 Å². The molecule has 0 aliphatic carbocycles. The van der Waals surface area contributed by atoms with Crippen molar-refractivity contribution in [2.24, 2.45) is 0 Å². The Bertz CT molecular complexity index is 1230. The van der Waals surface area contributed by atoms with Crippen molar-refractivity contribution in [1.29, 1.82) is 0 Å². The van der Waals surface area contributed by atoms with Crippen molar-refractivity contribution in [2.75, 3.05) is 23.3 Å². The van der Waals surface area contributed by atoms with Crippen LogP contribution in [0, 0.1) is 0 Å². The lowest BCUT2D eigenvalue weighted by molar-refractivity contribution is -0.274. The maximum absolute atomic E-state index is 12.8. The van der Waals surface area contributed by atoms with Crippen molar-refractivity contribution in [3.05, 3.63) is 77.3 Å². The predicted octanol–water partition coefficient (Wildman–Crippen LogP) is 5.19. The van der Waals surface area contributed by atoms with E-state index >= 15 is 0 Å². The minimum absolute atomic E-state index is 0.133. The van der Waals surface area contributed by atoms with Gasteiger partial charge < -0.3 is 14.8 Å². The zero-order valence-corrected chi connectivity index (χ0v) is 19.9. The van der Waals surface area contributed by atoms with Gasteiger partial charge in [0.1, 0.15) is 11.5 Å². The number of carbonyl (C=O) groups excluding carboxylic acids is 1. The first kappa shape index (κ1) is 25.4. The number of nitrogens with one attached hydrogen (secondary N) is 1. The van der Waals surface area contributed by atoms with Gasteiger partial charge in [-0.05, 0) is 72.8 Å². The number of rotatable bonds is 8. The molecule has 0 spiro atoms. The highest BCUT2D eigenvalue weighted by Crippen LogP contribution is 2.26. The third-order valence-electron chi connectivity index (χ3n) is 4.41. The Kier molecular flexibility index (Phi) is 7.72. The highest BCUT2D eigenvalue weighted by atomic mass is 79.9. The predicted molar refractivity (Wildman–Crippen MR) is 123 cm³/mol. The van der Waals surface area contributed by atoms with Gasteiger partial charge in [0.25, 0.3) is 15.9 Å². The van der Waals surface area contributed by atoms with Gasteiger partial charge in [-0.1, -0.05) is 15.9 Å². The van der Waals surface area contributed by atoms with Crippen LogP contribution >= 0.6 is 15.9 Å². The van der Waals surface area contributed by atoms with E-state index in [0.717, 1.165) is 20.9 Å². The Morgan fingerprint density at radius 1 is 0.941 bits per heavy atom. The summed E-state index contributed by atoms with van der Waals surface area (Å²) in [6.45, 7) is -0.368. The first-order valence-electron chi connectivity index (χ1n) is 9.57. The van der Waals surface area contributed by atoms with Crippen molar-refractivity contribution >= 4 is 43.2 Å². The van der Waals surface area contributed by atoms with Crippen LogP contribution in [0.2, 0.25) is 0 Å². The number of benzene rings is 3. The molecule has 12 heteroatoms. The van der Waals surface area contributed by atoms with E-state index < -0.39 is 28.0 Å². The van der Waals surface area contributed by atoms with E-state index in [1.165, 1.54) is 55.6 Å². The van der Waals surface area contributed by atoms with E-state index in [4.69, 9.17) is 4.74 Å². The molecule has 1 amide bonds. The van der Waals surface area contributed by atoms with Gasteiger partial charge >= 0.3 is 6.36 Å². The van der Waals surface area contributed by atoms with Crippen molar-refractivity contribution in [1.82, 2.24) is 0 Å². The molecule has 0 bridgehead atoms. The molecule has 0 aliphatic rings. The van der Waals surface area contributed by atoms with Crippen molar-refractivity contribution in [3.8, 4) is 11.5 Å². The van der Waals surface area contributed by atoms with E-state index in [-0.39, 0.29) is 17.2 Å². The van der Waals surface area contributed by atoms with Crippen LogP contribution in [0.5, 0.6) is 11.5 Å². The summed E-state index contributed by atoms with van der Waals surface area (Å²) in [5.74, 6) is -0.625. The number of nitrogens with zero attached hydrogens (tertiary/aromatic N) is 1. The Balaban J connectivity index is 1.55. The van der Waals surface area contributed by atoms with Gasteiger partial charge in [-0.3, -0.25) is 9.10 Å². The number of hydrogen-bond acceptors (Lipinski definition) is 5. The van der Waals surface area contributed by atoms with Crippen LogP contribution in [-0.4, -0.2) is 34.3 Å². The molecule has 0 saturated heterocycles. The van der Waals surface area contributed by atoms with Crippen LogP contribution in [0.3, 0.4) is 0 Å². The van der Waals surface area contributed by atoms with Crippen molar-refractivity contribution in [3.63, 3.8) is 0 Å². The molecule has 3 aromatic rings. The van der Waals surface area contributed by atoms with Gasteiger partial charge in [0, 0.05) is 17.2 Å². The van der Waals surface area contributed by atoms with Crippen LogP contribution in [-0.2, 0) is 14.8 Å². The first-order chi connectivity index (χ1) is 15.9. The summed E-state index contributed by atoms with van der Waals surface area (Å²) < 4.78 is 73.1. The second kappa shape index (κ2) is 10.3. The van der Waals surface area contributed by atoms with Gasteiger partial charge in [0.05, 0.1) is 10.6 Å². The summed E-state index contributed by atoms with van der Waals surface area (Å²) in [5.41, 5.74) is 0.652. The fraction of sp³-hybridized carbons (Fsp3) is 0.136. The quantitative estimate of drug-likeness (QED) is 0.411. The lowest BCUT2D eigenvalue weighted by atomic mass is 10.3. The van der Waals surface area contributed by atoms with Crippen molar-refractivity contribution < 1.29 is 35.9 Å². The van der Waals surface area contributed by atoms with Crippen molar-refractivity contribution in [2.45, 2.75) is 11.3 Å². The third kappa shape index (κ3) is 6.87. The molecule has 34 heavy (non-hydrogen) atoms. The Morgan fingerprint density at radius 3 is 2.06 bits per heavy atom. The van der Waals surface area contributed by atoms with Crippen LogP contribution in [0.15, 0.2) is 82.2 Å². The fourth-order valence-corrected chi connectivity index (χ4v) is 4.20. The zero-order valence-electron chi connectivity index (χ0n) is 17.5. The minimum atomic E-state index is -4.80. The molecule has 0 unspecified atom stereocenters. The Labute approximate surface area is 202 Å². The molecule has 0 aromatic heterocycles. The molecule has 0 fully saturated rings. The normalized spacial score (nSPS) is 11.6. The second-order valence-electron chi connectivity index (χ2n) is 6.83. The van der Waals surface area contributed by atoms with Crippen LogP contribution in [0.4, 0.5) is 24.5 Å². The molecule has 0 atom stereocenters. The lowest BCUT2D eigenvalue weighted by Crippen LogP contribution is -2.26. The largest absolute Gasteiger partial charge is 0.573 e. The number of hydrogen-bond donors (Lipinski definition) is 1. The lowest BCUT2D eigenvalue weighted by Gasteiger charge is -2.20. The molecule has 3 rings (SSSR count). The highest BCUT2D eigenvalue weighted by molar-refractivity contribution is 9.10. The molecule has 0 aliphatic heterocycles. The van der Waals surface area contributed by atoms with Gasteiger partial charge in [-0.25, -0.2) is 8.42 Å².